The smallest absolute Gasteiger partial charge is 0.223 e. The summed E-state index contributed by atoms with van der Waals surface area (Å²) in [6.07, 6.45) is 2.17. The number of halogens is 1. The van der Waals surface area contributed by atoms with Crippen LogP contribution in [0, 0.1) is 5.82 Å². The molecule has 6 nitrogen and oxygen atoms in total. The molecule has 0 aliphatic carbocycles. The number of aryl methyl sites for hydroxylation is 1. The number of oxazole rings is 1. The van der Waals surface area contributed by atoms with E-state index in [-0.39, 0.29) is 31.1 Å². The molecule has 1 heterocycles. The standard InChI is InChI=1S/C22H22FN3O3/c23-18-8-6-17(7-9-18)19-14-25-21(29-19)10-11-22(28)26(13-12-20(24)27)15-16-4-2-1-3-5-16/h1-9,14H,10-13,15H2,(H2,24,27). The highest BCUT2D eigenvalue weighted by atomic mass is 19.1. The molecule has 2 aromatic carbocycles. The van der Waals surface area contributed by atoms with Crippen molar-refractivity contribution in [3.63, 3.8) is 0 Å². The highest BCUT2D eigenvalue weighted by Gasteiger charge is 2.16. The molecule has 150 valence electrons. The fourth-order valence-corrected chi connectivity index (χ4v) is 2.89. The number of rotatable bonds is 9. The van der Waals surface area contributed by atoms with E-state index in [2.05, 4.69) is 4.98 Å². The molecule has 0 radical (unpaired) electrons. The van der Waals surface area contributed by atoms with Crippen molar-refractivity contribution >= 4 is 11.8 Å². The zero-order valence-electron chi connectivity index (χ0n) is 15.9. The fourth-order valence-electron chi connectivity index (χ4n) is 2.89. The van der Waals surface area contributed by atoms with Gasteiger partial charge in [-0.1, -0.05) is 30.3 Å². The Morgan fingerprint density at radius 2 is 1.76 bits per heavy atom. The number of nitrogens with two attached hydrogens (primary N) is 1. The molecule has 0 atom stereocenters. The molecule has 1 aromatic heterocycles. The van der Waals surface area contributed by atoms with Gasteiger partial charge in [-0.25, -0.2) is 9.37 Å². The van der Waals surface area contributed by atoms with Crippen LogP contribution in [0.4, 0.5) is 4.39 Å². The third-order valence-electron chi connectivity index (χ3n) is 4.43. The van der Waals surface area contributed by atoms with Crippen LogP contribution in [0.25, 0.3) is 11.3 Å². The van der Waals surface area contributed by atoms with Gasteiger partial charge in [-0.2, -0.15) is 0 Å². The van der Waals surface area contributed by atoms with Gasteiger partial charge in [0.05, 0.1) is 6.20 Å². The van der Waals surface area contributed by atoms with Crippen molar-refractivity contribution in [3.8, 4) is 11.3 Å². The van der Waals surface area contributed by atoms with Crippen molar-refractivity contribution in [2.24, 2.45) is 5.73 Å². The predicted molar refractivity (Wildman–Crippen MR) is 106 cm³/mol. The first-order valence-corrected chi connectivity index (χ1v) is 9.32. The molecular formula is C22H22FN3O3. The minimum Gasteiger partial charge on any atom is -0.441 e. The van der Waals surface area contributed by atoms with Crippen LogP contribution in [-0.2, 0) is 22.6 Å². The number of hydrogen-bond acceptors (Lipinski definition) is 4. The summed E-state index contributed by atoms with van der Waals surface area (Å²) in [6.45, 7) is 0.662. The molecule has 0 fully saturated rings. The van der Waals surface area contributed by atoms with Crippen molar-refractivity contribution < 1.29 is 18.4 Å². The highest BCUT2D eigenvalue weighted by molar-refractivity contribution is 5.78. The third-order valence-corrected chi connectivity index (χ3v) is 4.43. The Morgan fingerprint density at radius 3 is 2.45 bits per heavy atom. The van der Waals surface area contributed by atoms with E-state index in [1.54, 1.807) is 23.2 Å². The molecule has 2 amide bonds. The van der Waals surface area contributed by atoms with Crippen LogP contribution in [0.3, 0.4) is 0 Å². The lowest BCUT2D eigenvalue weighted by atomic mass is 10.2. The van der Waals surface area contributed by atoms with Crippen LogP contribution in [0.5, 0.6) is 0 Å². The van der Waals surface area contributed by atoms with Gasteiger partial charge < -0.3 is 15.1 Å². The predicted octanol–water partition coefficient (Wildman–Crippen LogP) is 3.32. The maximum atomic E-state index is 13.0. The van der Waals surface area contributed by atoms with E-state index >= 15 is 0 Å². The zero-order chi connectivity index (χ0) is 20.6. The summed E-state index contributed by atoms with van der Waals surface area (Å²) < 4.78 is 18.7. The van der Waals surface area contributed by atoms with Gasteiger partial charge in [-0.3, -0.25) is 9.59 Å². The van der Waals surface area contributed by atoms with E-state index in [1.165, 1.54) is 12.1 Å². The first-order chi connectivity index (χ1) is 14.0. The zero-order valence-corrected chi connectivity index (χ0v) is 15.9. The molecule has 7 heteroatoms. The van der Waals surface area contributed by atoms with Gasteiger partial charge in [-0.15, -0.1) is 0 Å². The number of hydrogen-bond donors (Lipinski definition) is 1. The molecule has 0 spiro atoms. The number of amides is 2. The molecule has 0 aliphatic heterocycles. The first-order valence-electron chi connectivity index (χ1n) is 9.32. The first kappa shape index (κ1) is 20.3. The third kappa shape index (κ3) is 6.00. The van der Waals surface area contributed by atoms with Gasteiger partial charge in [0.25, 0.3) is 0 Å². The maximum absolute atomic E-state index is 13.0. The number of nitrogens with zero attached hydrogens (tertiary/aromatic N) is 2. The largest absolute Gasteiger partial charge is 0.441 e. The SMILES string of the molecule is NC(=O)CCN(Cc1ccccc1)C(=O)CCc1ncc(-c2ccc(F)cc2)o1. The quantitative estimate of drug-likeness (QED) is 0.602. The molecule has 0 saturated heterocycles. The van der Waals surface area contributed by atoms with Crippen molar-refractivity contribution in [2.75, 3.05) is 6.54 Å². The maximum Gasteiger partial charge on any atom is 0.223 e. The minimum atomic E-state index is -0.451. The molecule has 29 heavy (non-hydrogen) atoms. The van der Waals surface area contributed by atoms with Gasteiger partial charge in [-0.05, 0) is 29.8 Å². The Morgan fingerprint density at radius 1 is 1.03 bits per heavy atom. The Hall–Kier alpha value is -3.48. The topological polar surface area (TPSA) is 89.4 Å². The average molecular weight is 395 g/mol. The van der Waals surface area contributed by atoms with Crippen LogP contribution < -0.4 is 5.73 Å². The molecule has 0 saturated carbocycles. The van der Waals surface area contributed by atoms with E-state index in [4.69, 9.17) is 10.2 Å². The van der Waals surface area contributed by atoms with Gasteiger partial charge in [0, 0.05) is 37.9 Å². The Kier molecular flexibility index (Phi) is 6.73. The Bertz CT molecular complexity index is 955. The molecule has 0 aliphatic rings. The molecule has 2 N–H and O–H groups in total. The van der Waals surface area contributed by atoms with E-state index in [1.807, 2.05) is 30.3 Å². The lowest BCUT2D eigenvalue weighted by Crippen LogP contribution is -2.33. The number of carbonyl (C=O) groups is 2. The van der Waals surface area contributed by atoms with E-state index in [9.17, 15) is 14.0 Å². The average Bonchev–Trinajstić information content (AvgIpc) is 3.19. The number of primary amides is 1. The van der Waals surface area contributed by atoms with Crippen molar-refractivity contribution in [1.82, 2.24) is 9.88 Å². The monoisotopic (exact) mass is 395 g/mol. The van der Waals surface area contributed by atoms with Crippen molar-refractivity contribution in [3.05, 3.63) is 78.1 Å². The van der Waals surface area contributed by atoms with Gasteiger partial charge in [0.15, 0.2) is 11.7 Å². The highest BCUT2D eigenvalue weighted by Crippen LogP contribution is 2.21. The molecular weight excluding hydrogens is 373 g/mol. The normalized spacial score (nSPS) is 10.7. The summed E-state index contributed by atoms with van der Waals surface area (Å²) >= 11 is 0. The lowest BCUT2D eigenvalue weighted by Gasteiger charge is -2.22. The van der Waals surface area contributed by atoms with Crippen LogP contribution in [0.1, 0.15) is 24.3 Å². The summed E-state index contributed by atoms with van der Waals surface area (Å²) in [5.74, 6) is 0.0484. The van der Waals surface area contributed by atoms with Gasteiger partial charge in [0.1, 0.15) is 5.82 Å². The molecule has 0 bridgehead atoms. The summed E-state index contributed by atoms with van der Waals surface area (Å²) in [5, 5.41) is 0. The number of aromatic nitrogens is 1. The second kappa shape index (κ2) is 9.64. The Balaban J connectivity index is 1.61. The summed E-state index contributed by atoms with van der Waals surface area (Å²) in [5.41, 5.74) is 6.93. The summed E-state index contributed by atoms with van der Waals surface area (Å²) in [6, 6.07) is 15.5. The number of benzene rings is 2. The lowest BCUT2D eigenvalue weighted by molar-refractivity contribution is -0.132. The summed E-state index contributed by atoms with van der Waals surface area (Å²) in [4.78, 5) is 29.7. The van der Waals surface area contributed by atoms with E-state index in [0.717, 1.165) is 5.56 Å². The molecule has 3 rings (SSSR count). The summed E-state index contributed by atoms with van der Waals surface area (Å²) in [7, 11) is 0. The van der Waals surface area contributed by atoms with E-state index < -0.39 is 5.91 Å². The fraction of sp³-hybridized carbons (Fsp3) is 0.227. The second-order valence-electron chi connectivity index (χ2n) is 6.64. The molecule has 3 aromatic rings. The minimum absolute atomic E-state index is 0.103. The van der Waals surface area contributed by atoms with Crippen LogP contribution in [0.15, 0.2) is 65.2 Å². The second-order valence-corrected chi connectivity index (χ2v) is 6.64. The molecule has 0 unspecified atom stereocenters. The van der Waals surface area contributed by atoms with Crippen LogP contribution >= 0.6 is 0 Å². The van der Waals surface area contributed by atoms with Crippen LogP contribution in [-0.4, -0.2) is 28.2 Å². The van der Waals surface area contributed by atoms with Gasteiger partial charge in [0.2, 0.25) is 11.8 Å². The van der Waals surface area contributed by atoms with Crippen molar-refractivity contribution in [1.29, 1.82) is 0 Å². The van der Waals surface area contributed by atoms with Crippen LogP contribution in [0.2, 0.25) is 0 Å². The number of carbonyl (C=O) groups excluding carboxylic acids is 2. The van der Waals surface area contributed by atoms with E-state index in [0.29, 0.717) is 30.2 Å². The Labute approximate surface area is 168 Å². The van der Waals surface area contributed by atoms with Crippen molar-refractivity contribution in [2.45, 2.75) is 25.8 Å². The van der Waals surface area contributed by atoms with Gasteiger partial charge >= 0.3 is 0 Å².